The van der Waals surface area contributed by atoms with Crippen LogP contribution in [0.1, 0.15) is 18.3 Å². The molecule has 1 aliphatic heterocycles. The smallest absolute Gasteiger partial charge is 0.159 e. The van der Waals surface area contributed by atoms with Gasteiger partial charge in [0, 0.05) is 38.0 Å². The fourth-order valence-corrected chi connectivity index (χ4v) is 2.34. The quantitative estimate of drug-likeness (QED) is 0.708. The van der Waals surface area contributed by atoms with E-state index in [1.165, 1.54) is 5.56 Å². The molecule has 4 heteroatoms. The molecule has 1 aromatic heterocycles. The van der Waals surface area contributed by atoms with Crippen LogP contribution in [-0.4, -0.2) is 23.1 Å². The van der Waals surface area contributed by atoms with Crippen LogP contribution in [0.5, 0.6) is 0 Å². The van der Waals surface area contributed by atoms with Crippen LogP contribution in [0.2, 0.25) is 0 Å². The summed E-state index contributed by atoms with van der Waals surface area (Å²) in [6.45, 7) is 3.78. The molecule has 0 atom stereocenters. The first-order chi connectivity index (χ1) is 9.24. The van der Waals surface area contributed by atoms with E-state index < -0.39 is 0 Å². The van der Waals surface area contributed by atoms with Crippen LogP contribution in [0, 0.1) is 6.92 Å². The molecule has 19 heavy (non-hydrogen) atoms. The Labute approximate surface area is 129 Å². The van der Waals surface area contributed by atoms with Crippen molar-refractivity contribution in [1.82, 2.24) is 9.97 Å². The standard InChI is InChI=1S/C15H16N3.W/c1-11-13-7-9-16-10-8-14(13)18-15(17-11)12-5-3-2-4-6-12;/h2-6H,7-10H2,1H3;/q-1;/i2D;. The average molecular weight is 423 g/mol. The molecule has 1 aromatic carbocycles. The predicted molar refractivity (Wildman–Crippen MR) is 72.7 cm³/mol. The Bertz CT molecular complexity index is 599. The summed E-state index contributed by atoms with van der Waals surface area (Å²) in [5, 5.41) is 4.45. The fourth-order valence-electron chi connectivity index (χ4n) is 2.34. The van der Waals surface area contributed by atoms with Crippen molar-refractivity contribution in [3.05, 3.63) is 52.6 Å². The fraction of sp³-hybridized carbons (Fsp3) is 0.333. The monoisotopic (exact) mass is 423 g/mol. The number of nitrogens with zero attached hydrogens (tertiary/aromatic N) is 3. The van der Waals surface area contributed by atoms with Crippen molar-refractivity contribution >= 4 is 0 Å². The first-order valence-electron chi connectivity index (χ1n) is 6.81. The molecule has 0 bridgehead atoms. The maximum Gasteiger partial charge on any atom is 0.159 e. The van der Waals surface area contributed by atoms with Gasteiger partial charge in [0.2, 0.25) is 0 Å². The summed E-state index contributed by atoms with van der Waals surface area (Å²) >= 11 is 0. The molecule has 0 unspecified atom stereocenters. The molecular weight excluding hydrogens is 406 g/mol. The minimum Gasteiger partial charge on any atom is -0.662 e. The van der Waals surface area contributed by atoms with Gasteiger partial charge >= 0.3 is 0 Å². The molecule has 2 heterocycles. The molecule has 98 valence electrons. The van der Waals surface area contributed by atoms with E-state index in [-0.39, 0.29) is 21.1 Å². The zero-order chi connectivity index (χ0) is 13.2. The van der Waals surface area contributed by atoms with Crippen molar-refractivity contribution in [2.45, 2.75) is 19.8 Å². The van der Waals surface area contributed by atoms with Gasteiger partial charge in [0.05, 0.1) is 1.37 Å². The molecule has 3 rings (SSSR count). The molecule has 0 fully saturated rings. The van der Waals surface area contributed by atoms with Gasteiger partial charge in [-0.05, 0) is 25.3 Å². The first kappa shape index (κ1) is 13.0. The van der Waals surface area contributed by atoms with Crippen LogP contribution in [0.4, 0.5) is 0 Å². The third-order valence-corrected chi connectivity index (χ3v) is 3.30. The van der Waals surface area contributed by atoms with Gasteiger partial charge in [-0.15, -0.1) is 13.1 Å². The Hall–Kier alpha value is -1.05. The van der Waals surface area contributed by atoms with Gasteiger partial charge in [0.25, 0.3) is 0 Å². The average Bonchev–Trinajstić information content (AvgIpc) is 2.65. The summed E-state index contributed by atoms with van der Waals surface area (Å²) in [4.78, 5) is 9.32. The van der Waals surface area contributed by atoms with Gasteiger partial charge < -0.3 is 5.32 Å². The van der Waals surface area contributed by atoms with E-state index in [0.29, 0.717) is 6.04 Å². The van der Waals surface area contributed by atoms with Gasteiger partial charge in [-0.3, -0.25) is 0 Å². The second-order valence-corrected chi connectivity index (χ2v) is 4.52. The summed E-state index contributed by atoms with van der Waals surface area (Å²) in [5.41, 5.74) is 4.44. The van der Waals surface area contributed by atoms with E-state index >= 15 is 0 Å². The summed E-state index contributed by atoms with van der Waals surface area (Å²) in [6, 6.07) is 7.87. The molecule has 0 saturated heterocycles. The van der Waals surface area contributed by atoms with Crippen LogP contribution in [-0.2, 0) is 33.9 Å². The number of hydrogen-bond acceptors (Lipinski definition) is 2. The Balaban J connectivity index is 0.00000147. The van der Waals surface area contributed by atoms with Gasteiger partial charge in [-0.25, -0.2) is 9.97 Å². The molecule has 3 nitrogen and oxygen atoms in total. The Morgan fingerprint density at radius 2 is 1.89 bits per heavy atom. The molecule has 0 radical (unpaired) electrons. The maximum absolute atomic E-state index is 7.52. The summed E-state index contributed by atoms with van der Waals surface area (Å²) in [5.74, 6) is 0.762. The number of fused-ring (bicyclic) bond motifs is 1. The third-order valence-electron chi connectivity index (χ3n) is 3.30. The van der Waals surface area contributed by atoms with E-state index in [9.17, 15) is 0 Å². The molecule has 0 spiro atoms. The number of hydrogen-bond donors (Lipinski definition) is 0. The normalized spacial score (nSPS) is 14.9. The summed E-state index contributed by atoms with van der Waals surface area (Å²) in [6.07, 6.45) is 1.86. The van der Waals surface area contributed by atoms with Crippen molar-refractivity contribution in [3.8, 4) is 11.4 Å². The van der Waals surface area contributed by atoms with Gasteiger partial charge in [0.1, 0.15) is 0 Å². The van der Waals surface area contributed by atoms with Gasteiger partial charge in [-0.1, -0.05) is 30.3 Å². The number of benzene rings is 1. The second kappa shape index (κ2) is 6.40. The van der Waals surface area contributed by atoms with E-state index in [0.717, 1.165) is 48.7 Å². The van der Waals surface area contributed by atoms with E-state index in [2.05, 4.69) is 10.3 Å². The number of aryl methyl sites for hydroxylation is 1. The minimum absolute atomic E-state index is 0. The largest absolute Gasteiger partial charge is 0.662 e. The molecule has 0 amide bonds. The predicted octanol–water partition coefficient (Wildman–Crippen LogP) is 2.92. The number of aromatic nitrogens is 2. The Morgan fingerprint density at radius 1 is 1.16 bits per heavy atom. The zero-order valence-electron chi connectivity index (χ0n) is 11.9. The minimum atomic E-state index is 0. The first-order valence-corrected chi connectivity index (χ1v) is 6.31. The van der Waals surface area contributed by atoms with E-state index in [4.69, 9.17) is 6.35 Å². The van der Waals surface area contributed by atoms with Crippen molar-refractivity contribution in [1.29, 1.82) is 0 Å². The molecule has 1 aliphatic rings. The molecular formula is C15H16N3W-. The Morgan fingerprint density at radius 3 is 2.68 bits per heavy atom. The summed E-state index contributed by atoms with van der Waals surface area (Å²) < 4.78 is 7.52. The Kier molecular flexibility index (Phi) is 4.37. The van der Waals surface area contributed by atoms with Crippen molar-refractivity contribution in [3.63, 3.8) is 0 Å². The van der Waals surface area contributed by atoms with Crippen LogP contribution >= 0.6 is 0 Å². The van der Waals surface area contributed by atoms with Gasteiger partial charge in [-0.2, -0.15) is 0 Å². The molecule has 0 saturated carbocycles. The molecule has 0 aliphatic carbocycles. The maximum atomic E-state index is 7.52. The van der Waals surface area contributed by atoms with Crippen LogP contribution in [0.25, 0.3) is 16.7 Å². The van der Waals surface area contributed by atoms with Gasteiger partial charge in [0.15, 0.2) is 5.82 Å². The molecule has 0 N–H and O–H groups in total. The van der Waals surface area contributed by atoms with E-state index in [1.807, 2.05) is 19.1 Å². The SMILES string of the molecule is [2H]c1ccc(-c2nc(C)c3c(n2)CC[N-]CC3)cc1.[W]. The topological polar surface area (TPSA) is 39.9 Å². The van der Waals surface area contributed by atoms with Crippen LogP contribution < -0.4 is 0 Å². The van der Waals surface area contributed by atoms with Crippen molar-refractivity contribution in [2.75, 3.05) is 13.1 Å². The summed E-state index contributed by atoms with van der Waals surface area (Å²) in [7, 11) is 0. The number of rotatable bonds is 1. The van der Waals surface area contributed by atoms with Crippen molar-refractivity contribution in [2.24, 2.45) is 0 Å². The van der Waals surface area contributed by atoms with Crippen LogP contribution in [0.3, 0.4) is 0 Å². The van der Waals surface area contributed by atoms with Crippen molar-refractivity contribution < 1.29 is 22.4 Å². The van der Waals surface area contributed by atoms with Crippen LogP contribution in [0.15, 0.2) is 30.3 Å². The second-order valence-electron chi connectivity index (χ2n) is 4.52. The third kappa shape index (κ3) is 3.10. The van der Waals surface area contributed by atoms with E-state index in [1.54, 1.807) is 12.1 Å². The molecule has 2 aromatic rings. The zero-order valence-corrected chi connectivity index (χ0v) is 13.8.